The molecule has 8 nitrogen and oxygen atoms in total. The first-order valence-electron chi connectivity index (χ1n) is 12.6. The average Bonchev–Trinajstić information content (AvgIpc) is 3.60. The molecule has 4 aromatic heterocycles. The maximum absolute atomic E-state index is 12.7. The predicted octanol–water partition coefficient (Wildman–Crippen LogP) is 5.99. The molecular formula is C27H32N6O2S2Si. The van der Waals surface area contributed by atoms with E-state index in [9.17, 15) is 4.79 Å². The molecular weight excluding hydrogens is 533 g/mol. The number of nitrogens with zero attached hydrogens (tertiary/aromatic N) is 6. The molecule has 5 rings (SSSR count). The van der Waals surface area contributed by atoms with Crippen LogP contribution in [0.3, 0.4) is 0 Å². The fraction of sp³-hybridized carbons (Fsp3) is 0.333. The summed E-state index contributed by atoms with van der Waals surface area (Å²) < 4.78 is 12.3. The Morgan fingerprint density at radius 3 is 2.66 bits per heavy atom. The SMILES string of the molecule is CC(c1ccc2c(c1)sc(=O)n2COCC[Si](C)(C)C)c1ccn(-c2ccc(Sc3nccn3C)cn2)n1. The number of rotatable bonds is 10. The van der Waals surface area contributed by atoms with Crippen LogP contribution < -0.4 is 4.87 Å². The van der Waals surface area contributed by atoms with Crippen LogP contribution in [0.25, 0.3) is 16.0 Å². The molecule has 0 bridgehead atoms. The van der Waals surface area contributed by atoms with Crippen molar-refractivity contribution in [3.63, 3.8) is 0 Å². The van der Waals surface area contributed by atoms with Crippen LogP contribution in [0.5, 0.6) is 0 Å². The zero-order valence-electron chi connectivity index (χ0n) is 22.3. The number of pyridine rings is 1. The average molecular weight is 565 g/mol. The second kappa shape index (κ2) is 11.0. The lowest BCUT2D eigenvalue weighted by Gasteiger charge is -2.15. The van der Waals surface area contributed by atoms with Gasteiger partial charge in [-0.25, -0.2) is 14.6 Å². The van der Waals surface area contributed by atoms with E-state index in [0.29, 0.717) is 13.3 Å². The molecule has 0 radical (unpaired) electrons. The lowest BCUT2D eigenvalue weighted by Crippen LogP contribution is -2.23. The van der Waals surface area contributed by atoms with Crippen LogP contribution in [0, 0.1) is 0 Å². The topological polar surface area (TPSA) is 79.8 Å². The Morgan fingerprint density at radius 1 is 1.11 bits per heavy atom. The summed E-state index contributed by atoms with van der Waals surface area (Å²) in [6, 6.07) is 13.3. The van der Waals surface area contributed by atoms with E-state index in [2.05, 4.69) is 48.7 Å². The molecule has 0 saturated heterocycles. The largest absolute Gasteiger partial charge is 0.361 e. The Morgan fingerprint density at radius 2 is 1.95 bits per heavy atom. The van der Waals surface area contributed by atoms with Crippen molar-refractivity contribution in [2.45, 2.75) is 55.3 Å². The predicted molar refractivity (Wildman–Crippen MR) is 156 cm³/mol. The van der Waals surface area contributed by atoms with Gasteiger partial charge in [0.15, 0.2) is 11.0 Å². The van der Waals surface area contributed by atoms with Gasteiger partial charge in [0.05, 0.1) is 15.9 Å². The van der Waals surface area contributed by atoms with E-state index < -0.39 is 8.07 Å². The Kier molecular flexibility index (Phi) is 7.71. The minimum Gasteiger partial charge on any atom is -0.361 e. The summed E-state index contributed by atoms with van der Waals surface area (Å²) in [5, 5.41) is 5.72. The summed E-state index contributed by atoms with van der Waals surface area (Å²) >= 11 is 2.84. The van der Waals surface area contributed by atoms with Crippen molar-refractivity contribution in [3.8, 4) is 5.82 Å². The van der Waals surface area contributed by atoms with Crippen molar-refractivity contribution >= 4 is 41.4 Å². The summed E-state index contributed by atoms with van der Waals surface area (Å²) in [4.78, 5) is 22.6. The van der Waals surface area contributed by atoms with Gasteiger partial charge in [0, 0.05) is 57.3 Å². The van der Waals surface area contributed by atoms with Crippen molar-refractivity contribution in [2.75, 3.05) is 6.61 Å². The first-order chi connectivity index (χ1) is 18.2. The monoisotopic (exact) mass is 564 g/mol. The molecule has 1 unspecified atom stereocenters. The third-order valence-electron chi connectivity index (χ3n) is 6.40. The number of hydrogen-bond acceptors (Lipinski definition) is 7. The molecule has 0 aliphatic rings. The molecule has 1 aromatic carbocycles. The van der Waals surface area contributed by atoms with Crippen LogP contribution in [0.1, 0.15) is 24.1 Å². The van der Waals surface area contributed by atoms with E-state index in [0.717, 1.165) is 43.4 Å². The van der Waals surface area contributed by atoms with Gasteiger partial charge >= 0.3 is 4.87 Å². The van der Waals surface area contributed by atoms with Crippen molar-refractivity contribution < 1.29 is 4.74 Å². The van der Waals surface area contributed by atoms with E-state index in [1.165, 1.54) is 11.3 Å². The molecule has 0 aliphatic carbocycles. The number of hydrogen-bond donors (Lipinski definition) is 0. The molecule has 198 valence electrons. The minimum absolute atomic E-state index is 0.0117. The Balaban J connectivity index is 1.28. The molecule has 4 heterocycles. The molecule has 0 N–H and O–H groups in total. The van der Waals surface area contributed by atoms with Gasteiger partial charge in [-0.15, -0.1) is 0 Å². The zero-order valence-corrected chi connectivity index (χ0v) is 24.9. The second-order valence-corrected chi connectivity index (χ2v) is 18.2. The number of thiazole rings is 1. The molecule has 0 fully saturated rings. The van der Waals surface area contributed by atoms with Gasteiger partial charge in [0.1, 0.15) is 6.73 Å². The fourth-order valence-electron chi connectivity index (χ4n) is 4.00. The molecule has 38 heavy (non-hydrogen) atoms. The van der Waals surface area contributed by atoms with Crippen molar-refractivity contribution in [1.82, 2.24) is 28.9 Å². The molecule has 1 atom stereocenters. The van der Waals surface area contributed by atoms with E-state index in [1.54, 1.807) is 27.2 Å². The van der Waals surface area contributed by atoms with Gasteiger partial charge in [0.25, 0.3) is 0 Å². The summed E-state index contributed by atoms with van der Waals surface area (Å²) in [5.74, 6) is 0.824. The summed E-state index contributed by atoms with van der Waals surface area (Å²) in [7, 11) is 0.813. The maximum atomic E-state index is 12.7. The first-order valence-corrected chi connectivity index (χ1v) is 17.9. The fourth-order valence-corrected chi connectivity index (χ4v) is 6.45. The van der Waals surface area contributed by atoms with Crippen LogP contribution >= 0.6 is 23.1 Å². The second-order valence-electron chi connectivity index (χ2n) is 10.6. The number of aromatic nitrogens is 6. The highest BCUT2D eigenvalue weighted by atomic mass is 32.2. The van der Waals surface area contributed by atoms with Crippen LogP contribution in [-0.2, 0) is 18.5 Å². The zero-order chi connectivity index (χ0) is 26.9. The van der Waals surface area contributed by atoms with Crippen LogP contribution in [-0.4, -0.2) is 43.6 Å². The third-order valence-corrected chi connectivity index (χ3v) is 10.1. The van der Waals surface area contributed by atoms with Crippen molar-refractivity contribution in [3.05, 3.63) is 82.1 Å². The number of aryl methyl sites for hydroxylation is 1. The number of fused-ring (bicyclic) bond motifs is 1. The van der Waals surface area contributed by atoms with Gasteiger partial charge in [-0.3, -0.25) is 9.36 Å². The normalized spacial score (nSPS) is 12.9. The Bertz CT molecular complexity index is 1600. The minimum atomic E-state index is -1.16. The maximum Gasteiger partial charge on any atom is 0.310 e. The van der Waals surface area contributed by atoms with E-state index in [4.69, 9.17) is 9.84 Å². The van der Waals surface area contributed by atoms with Gasteiger partial charge in [-0.2, -0.15) is 5.10 Å². The summed E-state index contributed by atoms with van der Waals surface area (Å²) in [6.07, 6.45) is 7.49. The summed E-state index contributed by atoms with van der Waals surface area (Å²) in [6.45, 7) is 10.1. The highest BCUT2D eigenvalue weighted by Crippen LogP contribution is 2.29. The number of ether oxygens (including phenoxy) is 1. The smallest absolute Gasteiger partial charge is 0.310 e. The lowest BCUT2D eigenvalue weighted by atomic mass is 9.98. The highest BCUT2D eigenvalue weighted by Gasteiger charge is 2.16. The number of benzene rings is 1. The van der Waals surface area contributed by atoms with E-state index in [-0.39, 0.29) is 10.8 Å². The van der Waals surface area contributed by atoms with Crippen LogP contribution in [0.2, 0.25) is 25.7 Å². The van der Waals surface area contributed by atoms with Gasteiger partial charge in [0.2, 0.25) is 0 Å². The third kappa shape index (κ3) is 6.01. The first kappa shape index (κ1) is 26.6. The van der Waals surface area contributed by atoms with Crippen LogP contribution in [0.15, 0.2) is 76.0 Å². The van der Waals surface area contributed by atoms with E-state index >= 15 is 0 Å². The molecule has 0 amide bonds. The van der Waals surface area contributed by atoms with Crippen molar-refractivity contribution in [2.24, 2.45) is 7.05 Å². The van der Waals surface area contributed by atoms with Gasteiger partial charge in [-0.05, 0) is 41.9 Å². The van der Waals surface area contributed by atoms with Crippen molar-refractivity contribution in [1.29, 1.82) is 0 Å². The number of imidazole rings is 1. The van der Waals surface area contributed by atoms with Gasteiger partial charge in [-0.1, -0.05) is 55.7 Å². The van der Waals surface area contributed by atoms with E-state index in [1.807, 2.05) is 54.5 Å². The molecule has 0 aliphatic heterocycles. The Labute approximate surface area is 231 Å². The summed E-state index contributed by atoms with van der Waals surface area (Å²) in [5.41, 5.74) is 2.98. The van der Waals surface area contributed by atoms with Crippen LogP contribution in [0.4, 0.5) is 0 Å². The lowest BCUT2D eigenvalue weighted by molar-refractivity contribution is 0.0888. The Hall–Kier alpha value is -2.99. The quantitative estimate of drug-likeness (QED) is 0.153. The molecule has 0 saturated carbocycles. The molecule has 5 aromatic rings. The molecule has 0 spiro atoms. The highest BCUT2D eigenvalue weighted by molar-refractivity contribution is 7.99. The molecule has 11 heteroatoms. The van der Waals surface area contributed by atoms with Gasteiger partial charge < -0.3 is 9.30 Å². The standard InChI is InChI=1S/C27H32N6O2S2Si/c1-19(20-6-8-23-24(16-20)37-27(34)32(23)18-35-14-15-38(3,4)5)22-10-12-33(30-22)25-9-7-21(17-29-25)36-26-28-11-13-31(26)2/h6-13,16-17,19H,14-15,18H2,1-5H3.